The number of aromatic nitrogens is 4. The van der Waals surface area contributed by atoms with Crippen molar-refractivity contribution in [3.63, 3.8) is 0 Å². The summed E-state index contributed by atoms with van der Waals surface area (Å²) >= 11 is 0. The number of carboxylic acids is 1. The summed E-state index contributed by atoms with van der Waals surface area (Å²) in [6.45, 7) is 0.461. The van der Waals surface area contributed by atoms with Crippen LogP contribution in [0.5, 0.6) is 0 Å². The van der Waals surface area contributed by atoms with E-state index in [1.54, 1.807) is 12.3 Å². The molecular weight excluding hydrogens is 210 g/mol. The molecule has 0 aromatic carbocycles. The van der Waals surface area contributed by atoms with Gasteiger partial charge in [0.1, 0.15) is 0 Å². The predicted molar refractivity (Wildman–Crippen MR) is 54.9 cm³/mol. The van der Waals surface area contributed by atoms with Crippen LogP contribution in [0.3, 0.4) is 0 Å². The number of hydrogen-bond acceptors (Lipinski definition) is 5. The number of carboxylic acid groups (broad SMARTS) is 1. The van der Waals surface area contributed by atoms with Gasteiger partial charge in [-0.25, -0.2) is 14.8 Å². The minimum absolute atomic E-state index is 0.0397. The molecule has 0 amide bonds. The van der Waals surface area contributed by atoms with Crippen molar-refractivity contribution in [3.05, 3.63) is 35.9 Å². The van der Waals surface area contributed by atoms with E-state index in [1.165, 1.54) is 12.3 Å². The Morgan fingerprint density at radius 3 is 3.00 bits per heavy atom. The fourth-order valence-corrected chi connectivity index (χ4v) is 1.12. The van der Waals surface area contributed by atoms with Crippen LogP contribution in [0.4, 0.5) is 5.95 Å². The van der Waals surface area contributed by atoms with Crippen molar-refractivity contribution in [3.8, 4) is 0 Å². The van der Waals surface area contributed by atoms with E-state index in [0.29, 0.717) is 6.54 Å². The lowest BCUT2D eigenvalue weighted by Crippen LogP contribution is -2.07. The molecule has 2 aromatic rings. The van der Waals surface area contributed by atoms with Crippen LogP contribution < -0.4 is 5.32 Å². The molecule has 0 spiro atoms. The first kappa shape index (κ1) is 10.1. The molecule has 0 bridgehead atoms. The smallest absolute Gasteiger partial charge is 0.354 e. The molecule has 7 heteroatoms. The van der Waals surface area contributed by atoms with E-state index in [-0.39, 0.29) is 11.6 Å². The van der Waals surface area contributed by atoms with Gasteiger partial charge in [0.25, 0.3) is 0 Å². The molecule has 0 radical (unpaired) electrons. The summed E-state index contributed by atoms with van der Waals surface area (Å²) in [6.07, 6.45) is 3.03. The molecule has 3 N–H and O–H groups in total. The van der Waals surface area contributed by atoms with Gasteiger partial charge < -0.3 is 10.4 Å². The van der Waals surface area contributed by atoms with Gasteiger partial charge >= 0.3 is 5.97 Å². The molecule has 0 aliphatic carbocycles. The van der Waals surface area contributed by atoms with Crippen molar-refractivity contribution < 1.29 is 9.90 Å². The Bertz CT molecular complexity index is 482. The van der Waals surface area contributed by atoms with Crippen LogP contribution in [0.2, 0.25) is 0 Å². The van der Waals surface area contributed by atoms with Crippen molar-refractivity contribution in [1.29, 1.82) is 0 Å². The molecule has 2 aromatic heterocycles. The summed E-state index contributed by atoms with van der Waals surface area (Å²) in [5, 5.41) is 18.2. The predicted octanol–water partition coefficient (Wildman–Crippen LogP) is 0.510. The van der Waals surface area contributed by atoms with Gasteiger partial charge in [0, 0.05) is 12.4 Å². The van der Waals surface area contributed by atoms with Gasteiger partial charge in [0.15, 0.2) is 5.69 Å². The minimum Gasteiger partial charge on any atom is -0.477 e. The van der Waals surface area contributed by atoms with Crippen molar-refractivity contribution in [2.45, 2.75) is 6.54 Å². The highest BCUT2D eigenvalue weighted by Gasteiger charge is 2.05. The van der Waals surface area contributed by atoms with Gasteiger partial charge in [-0.15, -0.1) is 0 Å². The largest absolute Gasteiger partial charge is 0.477 e. The van der Waals surface area contributed by atoms with Crippen LogP contribution in [0.25, 0.3) is 0 Å². The van der Waals surface area contributed by atoms with E-state index < -0.39 is 5.97 Å². The lowest BCUT2D eigenvalue weighted by atomic mass is 10.4. The third-order valence-corrected chi connectivity index (χ3v) is 1.87. The maximum absolute atomic E-state index is 10.7. The number of rotatable bonds is 4. The van der Waals surface area contributed by atoms with Gasteiger partial charge in [-0.2, -0.15) is 5.10 Å². The van der Waals surface area contributed by atoms with Gasteiger partial charge in [-0.1, -0.05) is 0 Å². The monoisotopic (exact) mass is 219 g/mol. The standard InChI is InChI=1S/C9H9N5O2/c15-8(16)7-2-3-10-9(13-7)11-5-6-1-4-12-14-6/h1-4H,5H2,(H,12,14)(H,15,16)(H,10,11,13). The first-order chi connectivity index (χ1) is 7.75. The Kier molecular flexibility index (Phi) is 2.77. The van der Waals surface area contributed by atoms with Crippen LogP contribution in [-0.2, 0) is 6.54 Å². The second kappa shape index (κ2) is 4.39. The van der Waals surface area contributed by atoms with Crippen molar-refractivity contribution in [2.24, 2.45) is 0 Å². The van der Waals surface area contributed by atoms with Crippen molar-refractivity contribution in [1.82, 2.24) is 20.2 Å². The third kappa shape index (κ3) is 2.32. The molecule has 2 heterocycles. The Morgan fingerprint density at radius 1 is 1.44 bits per heavy atom. The lowest BCUT2D eigenvalue weighted by Gasteiger charge is -2.02. The average molecular weight is 219 g/mol. The van der Waals surface area contributed by atoms with Gasteiger partial charge in [-0.05, 0) is 12.1 Å². The Labute approximate surface area is 90.6 Å². The number of anilines is 1. The number of aromatic amines is 1. The number of H-pyrrole nitrogens is 1. The van der Waals surface area contributed by atoms with Crippen LogP contribution >= 0.6 is 0 Å². The first-order valence-electron chi connectivity index (χ1n) is 4.54. The number of hydrogen-bond donors (Lipinski definition) is 3. The Balaban J connectivity index is 2.04. The number of nitrogens with zero attached hydrogens (tertiary/aromatic N) is 3. The van der Waals surface area contributed by atoms with Crippen LogP contribution in [0, 0.1) is 0 Å². The fourth-order valence-electron chi connectivity index (χ4n) is 1.12. The van der Waals surface area contributed by atoms with E-state index in [1.807, 2.05) is 0 Å². The van der Waals surface area contributed by atoms with E-state index in [0.717, 1.165) is 5.69 Å². The Hall–Kier alpha value is -2.44. The van der Waals surface area contributed by atoms with Crippen LogP contribution in [0.15, 0.2) is 24.5 Å². The number of carbonyl (C=O) groups is 1. The molecule has 0 aliphatic rings. The highest BCUT2D eigenvalue weighted by molar-refractivity contribution is 5.85. The summed E-state index contributed by atoms with van der Waals surface area (Å²) in [4.78, 5) is 18.4. The normalized spacial score (nSPS) is 10.0. The molecule has 0 saturated heterocycles. The molecule has 16 heavy (non-hydrogen) atoms. The second-order valence-corrected chi connectivity index (χ2v) is 3.01. The molecular formula is C9H9N5O2. The summed E-state index contributed by atoms with van der Waals surface area (Å²) in [6, 6.07) is 3.14. The highest BCUT2D eigenvalue weighted by Crippen LogP contribution is 2.02. The van der Waals surface area contributed by atoms with Gasteiger partial charge in [0.05, 0.1) is 12.2 Å². The van der Waals surface area contributed by atoms with Crippen LogP contribution in [0.1, 0.15) is 16.2 Å². The summed E-state index contributed by atoms with van der Waals surface area (Å²) in [7, 11) is 0. The van der Waals surface area contributed by atoms with Crippen molar-refractivity contribution >= 4 is 11.9 Å². The fraction of sp³-hybridized carbons (Fsp3) is 0.111. The molecule has 0 atom stereocenters. The zero-order chi connectivity index (χ0) is 11.4. The molecule has 0 unspecified atom stereocenters. The maximum atomic E-state index is 10.7. The first-order valence-corrected chi connectivity index (χ1v) is 4.54. The molecule has 82 valence electrons. The Morgan fingerprint density at radius 2 is 2.31 bits per heavy atom. The zero-order valence-corrected chi connectivity index (χ0v) is 8.21. The average Bonchev–Trinajstić information content (AvgIpc) is 2.79. The topological polar surface area (TPSA) is 104 Å². The summed E-state index contributed by atoms with van der Waals surface area (Å²) in [5.41, 5.74) is 0.825. The van der Waals surface area contributed by atoms with Crippen LogP contribution in [-0.4, -0.2) is 31.2 Å². The molecule has 2 rings (SSSR count). The highest BCUT2D eigenvalue weighted by atomic mass is 16.4. The molecule has 7 nitrogen and oxygen atoms in total. The summed E-state index contributed by atoms with van der Waals surface area (Å²) in [5.74, 6) is -0.804. The third-order valence-electron chi connectivity index (χ3n) is 1.87. The lowest BCUT2D eigenvalue weighted by molar-refractivity contribution is 0.0690. The van der Waals surface area contributed by atoms with E-state index >= 15 is 0 Å². The van der Waals surface area contributed by atoms with Gasteiger partial charge in [0.2, 0.25) is 5.95 Å². The molecule has 0 aliphatic heterocycles. The SMILES string of the molecule is O=C(O)c1ccnc(NCc2ccn[nH]2)n1. The second-order valence-electron chi connectivity index (χ2n) is 3.01. The number of aromatic carboxylic acids is 1. The molecule has 0 fully saturated rings. The zero-order valence-electron chi connectivity index (χ0n) is 8.21. The van der Waals surface area contributed by atoms with Gasteiger partial charge in [-0.3, -0.25) is 5.10 Å². The quantitative estimate of drug-likeness (QED) is 0.692. The van der Waals surface area contributed by atoms with Crippen molar-refractivity contribution in [2.75, 3.05) is 5.32 Å². The van der Waals surface area contributed by atoms with E-state index in [2.05, 4.69) is 25.5 Å². The molecule has 0 saturated carbocycles. The summed E-state index contributed by atoms with van der Waals surface area (Å²) < 4.78 is 0. The van der Waals surface area contributed by atoms with E-state index in [9.17, 15) is 4.79 Å². The van der Waals surface area contributed by atoms with E-state index in [4.69, 9.17) is 5.11 Å². The maximum Gasteiger partial charge on any atom is 0.354 e. The minimum atomic E-state index is -1.08. The number of nitrogens with one attached hydrogen (secondary N) is 2.